The van der Waals surface area contributed by atoms with Gasteiger partial charge >= 0.3 is 6.18 Å². The molecule has 0 saturated heterocycles. The van der Waals surface area contributed by atoms with Crippen LogP contribution in [-0.4, -0.2) is 30.7 Å². The molecule has 0 unspecified atom stereocenters. The quantitative estimate of drug-likeness (QED) is 0.683. The summed E-state index contributed by atoms with van der Waals surface area (Å²) in [6, 6.07) is 7.88. The first-order valence-electron chi connectivity index (χ1n) is 7.24. The standard InChI is InChI=1S/C16H19F3N2/c17-16(18,19)13-5-9-21(10-6-13)11-15(7-8-15)12-1-3-14(20)4-2-12/h1-5H,6-11,20H2. The highest BCUT2D eigenvalue weighted by atomic mass is 19.4. The maximum Gasteiger partial charge on any atom is 0.412 e. The summed E-state index contributed by atoms with van der Waals surface area (Å²) in [6.07, 6.45) is -0.531. The van der Waals surface area contributed by atoms with E-state index in [0.717, 1.165) is 25.1 Å². The van der Waals surface area contributed by atoms with E-state index in [1.54, 1.807) is 0 Å². The van der Waals surface area contributed by atoms with Gasteiger partial charge in [0, 0.05) is 36.3 Å². The Kier molecular flexibility index (Phi) is 3.48. The minimum absolute atomic E-state index is 0.0985. The summed E-state index contributed by atoms with van der Waals surface area (Å²) in [5.74, 6) is 0. The molecule has 3 rings (SSSR count). The van der Waals surface area contributed by atoms with Crippen LogP contribution < -0.4 is 5.73 Å². The predicted octanol–water partition coefficient (Wildman–Crippen LogP) is 3.49. The Hall–Kier alpha value is -1.49. The van der Waals surface area contributed by atoms with Crippen LogP contribution in [0.5, 0.6) is 0 Å². The van der Waals surface area contributed by atoms with E-state index >= 15 is 0 Å². The molecule has 1 aromatic rings. The van der Waals surface area contributed by atoms with E-state index in [-0.39, 0.29) is 17.4 Å². The molecule has 0 amide bonds. The smallest absolute Gasteiger partial charge is 0.399 e. The van der Waals surface area contributed by atoms with Crippen molar-refractivity contribution in [1.82, 2.24) is 4.90 Å². The lowest BCUT2D eigenvalue weighted by molar-refractivity contribution is -0.0960. The maximum atomic E-state index is 12.6. The normalized spacial score (nSPS) is 22.0. The van der Waals surface area contributed by atoms with Crippen molar-refractivity contribution < 1.29 is 13.2 Å². The van der Waals surface area contributed by atoms with E-state index in [4.69, 9.17) is 5.73 Å². The predicted molar refractivity (Wildman–Crippen MR) is 77.0 cm³/mol. The average molecular weight is 296 g/mol. The number of nitrogen functional groups attached to an aromatic ring is 1. The number of hydrogen-bond donors (Lipinski definition) is 1. The first-order chi connectivity index (χ1) is 9.89. The van der Waals surface area contributed by atoms with E-state index < -0.39 is 6.18 Å². The molecular formula is C16H19F3N2. The van der Waals surface area contributed by atoms with E-state index in [1.165, 1.54) is 11.6 Å². The van der Waals surface area contributed by atoms with Crippen molar-refractivity contribution in [1.29, 1.82) is 0 Å². The first kappa shape index (κ1) is 14.4. The molecule has 0 spiro atoms. The second-order valence-corrected chi connectivity index (χ2v) is 6.11. The van der Waals surface area contributed by atoms with Crippen molar-refractivity contribution in [3.05, 3.63) is 41.5 Å². The lowest BCUT2D eigenvalue weighted by Gasteiger charge is -2.31. The number of alkyl halides is 3. The average Bonchev–Trinajstić information content (AvgIpc) is 3.20. The van der Waals surface area contributed by atoms with Gasteiger partial charge < -0.3 is 5.73 Å². The van der Waals surface area contributed by atoms with Crippen LogP contribution in [0.2, 0.25) is 0 Å². The highest BCUT2D eigenvalue weighted by molar-refractivity contribution is 5.43. The topological polar surface area (TPSA) is 29.3 Å². The van der Waals surface area contributed by atoms with Gasteiger partial charge in [0.05, 0.1) is 0 Å². The van der Waals surface area contributed by atoms with Crippen molar-refractivity contribution in [2.45, 2.75) is 30.9 Å². The minimum atomic E-state index is -4.17. The Morgan fingerprint density at radius 2 is 1.81 bits per heavy atom. The van der Waals surface area contributed by atoms with Crippen LogP contribution in [0.25, 0.3) is 0 Å². The van der Waals surface area contributed by atoms with Crippen LogP contribution in [0.3, 0.4) is 0 Å². The summed E-state index contributed by atoms with van der Waals surface area (Å²) in [4.78, 5) is 2.12. The molecule has 1 aliphatic heterocycles. The van der Waals surface area contributed by atoms with Crippen LogP contribution in [0.4, 0.5) is 18.9 Å². The second kappa shape index (κ2) is 5.05. The molecule has 0 bridgehead atoms. The third kappa shape index (κ3) is 3.07. The largest absolute Gasteiger partial charge is 0.412 e. The van der Waals surface area contributed by atoms with Gasteiger partial charge in [0.2, 0.25) is 0 Å². The second-order valence-electron chi connectivity index (χ2n) is 6.11. The summed E-state index contributed by atoms with van der Waals surface area (Å²) in [7, 11) is 0. The van der Waals surface area contributed by atoms with Gasteiger partial charge in [0.15, 0.2) is 0 Å². The number of nitrogens with zero attached hydrogens (tertiary/aromatic N) is 1. The Morgan fingerprint density at radius 3 is 2.29 bits per heavy atom. The van der Waals surface area contributed by atoms with E-state index in [2.05, 4.69) is 4.90 Å². The first-order valence-corrected chi connectivity index (χ1v) is 7.24. The molecule has 2 N–H and O–H groups in total. The van der Waals surface area contributed by atoms with E-state index in [0.29, 0.717) is 13.1 Å². The summed E-state index contributed by atoms with van der Waals surface area (Å²) in [6.45, 7) is 1.71. The zero-order valence-electron chi connectivity index (χ0n) is 11.8. The minimum Gasteiger partial charge on any atom is -0.399 e. The van der Waals surface area contributed by atoms with Gasteiger partial charge in [-0.3, -0.25) is 4.90 Å². The van der Waals surface area contributed by atoms with Gasteiger partial charge in [-0.1, -0.05) is 18.2 Å². The van der Waals surface area contributed by atoms with Crippen molar-refractivity contribution >= 4 is 5.69 Å². The fraction of sp³-hybridized carbons (Fsp3) is 0.500. The van der Waals surface area contributed by atoms with Gasteiger partial charge in [-0.25, -0.2) is 0 Å². The third-order valence-electron chi connectivity index (χ3n) is 4.56. The van der Waals surface area contributed by atoms with Crippen molar-refractivity contribution in [3.8, 4) is 0 Å². The number of rotatable bonds is 3. The third-order valence-corrected chi connectivity index (χ3v) is 4.56. The van der Waals surface area contributed by atoms with Crippen LogP contribution in [-0.2, 0) is 5.41 Å². The molecule has 2 aliphatic rings. The van der Waals surface area contributed by atoms with Crippen LogP contribution in [0, 0.1) is 0 Å². The number of hydrogen-bond acceptors (Lipinski definition) is 2. The van der Waals surface area contributed by atoms with Crippen LogP contribution in [0.1, 0.15) is 24.8 Å². The molecule has 114 valence electrons. The molecule has 0 radical (unpaired) electrons. The molecule has 1 aliphatic carbocycles. The van der Waals surface area contributed by atoms with Gasteiger partial charge in [-0.05, 0) is 37.0 Å². The number of anilines is 1. The fourth-order valence-corrected chi connectivity index (χ4v) is 3.07. The summed E-state index contributed by atoms with van der Waals surface area (Å²) < 4.78 is 37.9. The summed E-state index contributed by atoms with van der Waals surface area (Å²) in [5, 5.41) is 0. The van der Waals surface area contributed by atoms with Crippen LogP contribution >= 0.6 is 0 Å². The number of nitrogens with two attached hydrogens (primary N) is 1. The number of benzene rings is 1. The SMILES string of the molecule is Nc1ccc(C2(CN3CC=C(C(F)(F)F)CC3)CC2)cc1. The van der Waals surface area contributed by atoms with Gasteiger partial charge in [0.25, 0.3) is 0 Å². The van der Waals surface area contributed by atoms with Crippen LogP contribution in [0.15, 0.2) is 35.9 Å². The molecule has 1 fully saturated rings. The van der Waals surface area contributed by atoms with Gasteiger partial charge in [-0.15, -0.1) is 0 Å². The molecule has 0 aromatic heterocycles. The highest BCUT2D eigenvalue weighted by Crippen LogP contribution is 2.49. The van der Waals surface area contributed by atoms with E-state index in [1.807, 2.05) is 24.3 Å². The lowest BCUT2D eigenvalue weighted by atomic mass is 9.94. The van der Waals surface area contributed by atoms with Crippen molar-refractivity contribution in [2.75, 3.05) is 25.4 Å². The molecule has 2 nitrogen and oxygen atoms in total. The van der Waals surface area contributed by atoms with E-state index in [9.17, 15) is 13.2 Å². The van der Waals surface area contributed by atoms with Crippen molar-refractivity contribution in [2.24, 2.45) is 0 Å². The Balaban J connectivity index is 1.66. The molecule has 1 aromatic carbocycles. The van der Waals surface area contributed by atoms with Gasteiger partial charge in [0.1, 0.15) is 0 Å². The number of halogens is 3. The maximum absolute atomic E-state index is 12.6. The molecule has 5 heteroatoms. The Morgan fingerprint density at radius 1 is 1.14 bits per heavy atom. The zero-order valence-corrected chi connectivity index (χ0v) is 11.8. The molecule has 1 saturated carbocycles. The lowest BCUT2D eigenvalue weighted by Crippen LogP contribution is -2.37. The molecule has 1 heterocycles. The Bertz CT molecular complexity index is 542. The molecule has 21 heavy (non-hydrogen) atoms. The van der Waals surface area contributed by atoms with Gasteiger partial charge in [-0.2, -0.15) is 13.2 Å². The van der Waals surface area contributed by atoms with Crippen molar-refractivity contribution in [3.63, 3.8) is 0 Å². The zero-order chi connectivity index (χ0) is 15.1. The monoisotopic (exact) mass is 296 g/mol. The molecule has 0 atom stereocenters. The summed E-state index contributed by atoms with van der Waals surface area (Å²) >= 11 is 0. The fourth-order valence-electron chi connectivity index (χ4n) is 3.07. The summed E-state index contributed by atoms with van der Waals surface area (Å²) in [5.41, 5.74) is 7.44. The Labute approximate surface area is 122 Å². The highest BCUT2D eigenvalue weighted by Gasteiger charge is 2.45. The molecular weight excluding hydrogens is 277 g/mol.